The molecule has 6 atom stereocenters. The Hall–Kier alpha value is -5.23. The van der Waals surface area contributed by atoms with E-state index in [2.05, 4.69) is 39.2 Å². The lowest BCUT2D eigenvalue weighted by atomic mass is 10.0. The molecule has 0 aromatic rings. The lowest BCUT2D eigenvalue weighted by Crippen LogP contribution is -2.60. The topological polar surface area (TPSA) is 420 Å². The van der Waals surface area contributed by atoms with E-state index in [0.29, 0.717) is 6.42 Å². The molecule has 51 heavy (non-hydrogen) atoms. The van der Waals surface area contributed by atoms with E-state index >= 15 is 0 Å². The lowest BCUT2D eigenvalue weighted by Gasteiger charge is -2.27. The first-order valence-corrected chi connectivity index (χ1v) is 16.1. The molecular formula is C27H48N12O11S. The van der Waals surface area contributed by atoms with Crippen LogP contribution in [-0.2, 0) is 43.2 Å². The number of aliphatic carboxylic acids is 2. The number of carboxylic acid groups (broad SMARTS) is 2. The van der Waals surface area contributed by atoms with E-state index in [1.54, 1.807) is 0 Å². The summed E-state index contributed by atoms with van der Waals surface area (Å²) < 4.78 is 0. The number of primary amides is 2. The summed E-state index contributed by atoms with van der Waals surface area (Å²) in [4.78, 5) is 111. The van der Waals surface area contributed by atoms with E-state index in [1.807, 2.05) is 5.32 Å². The minimum absolute atomic E-state index is 0.0288. The number of amides is 7. The van der Waals surface area contributed by atoms with Crippen LogP contribution in [0.2, 0.25) is 0 Å². The molecule has 7 amide bonds. The van der Waals surface area contributed by atoms with Gasteiger partial charge in [-0.1, -0.05) is 0 Å². The number of nitrogens with one attached hydrogen (secondary N) is 7. The summed E-state index contributed by atoms with van der Waals surface area (Å²) in [6.45, 7) is 0.245. The first kappa shape index (κ1) is 45.8. The summed E-state index contributed by atoms with van der Waals surface area (Å²) in [5.41, 5.74) is 26.7. The van der Waals surface area contributed by atoms with E-state index in [9.17, 15) is 53.4 Å². The molecule has 0 saturated carbocycles. The molecular weight excluding hydrogens is 700 g/mol. The molecule has 0 aromatic carbocycles. The number of guanidine groups is 1. The van der Waals surface area contributed by atoms with Crippen LogP contribution in [0.1, 0.15) is 51.4 Å². The molecule has 288 valence electrons. The number of nitrogens with two attached hydrogens (primary N) is 5. The van der Waals surface area contributed by atoms with Gasteiger partial charge in [0.2, 0.25) is 41.4 Å². The molecule has 0 spiro atoms. The van der Waals surface area contributed by atoms with Crippen LogP contribution in [0.25, 0.3) is 0 Å². The Morgan fingerprint density at radius 1 is 0.608 bits per heavy atom. The van der Waals surface area contributed by atoms with Crippen LogP contribution in [0, 0.1) is 5.41 Å². The van der Waals surface area contributed by atoms with Crippen LogP contribution < -0.4 is 60.6 Å². The molecule has 0 heterocycles. The minimum Gasteiger partial charge on any atom is -0.481 e. The molecule has 0 rings (SSSR count). The van der Waals surface area contributed by atoms with E-state index < -0.39 is 115 Å². The number of carboxylic acids is 2. The third-order valence-electron chi connectivity index (χ3n) is 6.80. The van der Waals surface area contributed by atoms with Crippen molar-refractivity contribution in [2.24, 2.45) is 28.7 Å². The highest BCUT2D eigenvalue weighted by Gasteiger charge is 2.34. The second-order valence-electron chi connectivity index (χ2n) is 11.1. The number of rotatable bonds is 26. The molecule has 0 aliphatic carbocycles. The van der Waals surface area contributed by atoms with Gasteiger partial charge >= 0.3 is 11.9 Å². The highest BCUT2D eigenvalue weighted by molar-refractivity contribution is 7.80. The Kier molecular flexibility index (Phi) is 21.5. The molecule has 0 bridgehead atoms. The average Bonchev–Trinajstić information content (AvgIpc) is 3.03. The first-order chi connectivity index (χ1) is 23.8. The van der Waals surface area contributed by atoms with Crippen molar-refractivity contribution in [2.45, 2.75) is 87.6 Å². The van der Waals surface area contributed by atoms with E-state index in [1.165, 1.54) is 0 Å². The van der Waals surface area contributed by atoms with Gasteiger partial charge in [-0.05, 0) is 38.6 Å². The molecule has 0 aliphatic rings. The van der Waals surface area contributed by atoms with Crippen LogP contribution in [0.3, 0.4) is 0 Å². The number of carbonyl (C=O) groups is 9. The number of hydrogen-bond donors (Lipinski definition) is 15. The van der Waals surface area contributed by atoms with Gasteiger partial charge < -0.3 is 70.8 Å². The molecule has 0 aliphatic heterocycles. The Morgan fingerprint density at radius 3 is 1.45 bits per heavy atom. The van der Waals surface area contributed by atoms with Gasteiger partial charge in [-0.15, -0.1) is 0 Å². The van der Waals surface area contributed by atoms with Crippen molar-refractivity contribution in [3.63, 3.8) is 0 Å². The Morgan fingerprint density at radius 2 is 1.02 bits per heavy atom. The Bertz CT molecular complexity index is 1290. The third kappa shape index (κ3) is 19.5. The summed E-state index contributed by atoms with van der Waals surface area (Å²) in [5.74, 6) is -11.0. The molecule has 23 nitrogen and oxygen atoms in total. The standard InChI is InChI=1S/C27H48N12O11S/c28-6-2-1-4-13(36-24(47)15(8-18(30)40)37-21(44)12(29)11-51)22(45)35-14(5-3-7-34-27(32)33)23(46)38-16(10-20(42)43)25(48)39-17(26(49)50)9-19(31)41/h12-17,51H,1-11,28-29H2,(H2,30,40)(H2,31,41)(H,35,45)(H,36,47)(H,37,44)(H,38,46)(H,39,48)(H,42,43)(H,49,50)(H4,32,33,34)/t12-,13-,14-,15-,16-,17-/m0/s1. The zero-order chi connectivity index (χ0) is 39.3. The lowest BCUT2D eigenvalue weighted by molar-refractivity contribution is -0.145. The molecule has 0 unspecified atom stereocenters. The highest BCUT2D eigenvalue weighted by Crippen LogP contribution is 2.07. The predicted octanol–water partition coefficient (Wildman–Crippen LogP) is -6.63. The summed E-state index contributed by atoms with van der Waals surface area (Å²) in [7, 11) is 0. The summed E-state index contributed by atoms with van der Waals surface area (Å²) >= 11 is 3.91. The van der Waals surface area contributed by atoms with Crippen LogP contribution in [0.5, 0.6) is 0 Å². The van der Waals surface area contributed by atoms with Crippen molar-refractivity contribution >= 4 is 71.9 Å². The van der Waals surface area contributed by atoms with Crippen molar-refractivity contribution in [2.75, 3.05) is 18.8 Å². The van der Waals surface area contributed by atoms with Crippen LogP contribution in [0.4, 0.5) is 0 Å². The second-order valence-corrected chi connectivity index (χ2v) is 11.5. The highest BCUT2D eigenvalue weighted by atomic mass is 32.1. The van der Waals surface area contributed by atoms with Crippen LogP contribution in [0.15, 0.2) is 0 Å². The second kappa shape index (κ2) is 24.0. The van der Waals surface area contributed by atoms with Gasteiger partial charge in [-0.25, -0.2) is 4.79 Å². The maximum absolute atomic E-state index is 13.6. The summed E-state index contributed by atoms with van der Waals surface area (Å²) in [6, 6.07) is -9.39. The van der Waals surface area contributed by atoms with E-state index in [-0.39, 0.29) is 44.5 Å². The molecule has 0 aromatic heterocycles. The number of hydrogen-bond acceptors (Lipinski definition) is 13. The molecule has 0 radical (unpaired) electrons. The normalized spacial score (nSPS) is 14.2. The van der Waals surface area contributed by atoms with Crippen molar-refractivity contribution in [1.29, 1.82) is 5.41 Å². The van der Waals surface area contributed by atoms with Gasteiger partial charge in [0, 0.05) is 12.3 Å². The minimum atomic E-state index is -1.90. The first-order valence-electron chi connectivity index (χ1n) is 15.5. The number of carbonyl (C=O) groups excluding carboxylic acids is 7. The monoisotopic (exact) mass is 748 g/mol. The van der Waals surface area contributed by atoms with Crippen molar-refractivity contribution < 1.29 is 53.4 Å². The molecule has 0 saturated heterocycles. The van der Waals surface area contributed by atoms with Gasteiger partial charge in [0.1, 0.15) is 30.2 Å². The van der Waals surface area contributed by atoms with Gasteiger partial charge in [0.05, 0.1) is 25.3 Å². The Balaban J connectivity index is 6.35. The Labute approximate surface area is 297 Å². The predicted molar refractivity (Wildman–Crippen MR) is 181 cm³/mol. The largest absolute Gasteiger partial charge is 0.481 e. The van der Waals surface area contributed by atoms with E-state index in [0.717, 1.165) is 0 Å². The number of thiol groups is 1. The maximum atomic E-state index is 13.6. The quantitative estimate of drug-likeness (QED) is 0.0169. The van der Waals surface area contributed by atoms with Crippen LogP contribution >= 0.6 is 12.6 Å². The maximum Gasteiger partial charge on any atom is 0.326 e. The zero-order valence-corrected chi connectivity index (χ0v) is 28.5. The molecule has 24 heteroatoms. The number of unbranched alkanes of at least 4 members (excludes halogenated alkanes) is 1. The fraction of sp³-hybridized carbons (Fsp3) is 0.630. The third-order valence-corrected chi connectivity index (χ3v) is 7.19. The van der Waals surface area contributed by atoms with Crippen molar-refractivity contribution in [3.8, 4) is 0 Å². The van der Waals surface area contributed by atoms with Crippen molar-refractivity contribution in [3.05, 3.63) is 0 Å². The van der Waals surface area contributed by atoms with Crippen molar-refractivity contribution in [1.82, 2.24) is 31.9 Å². The van der Waals surface area contributed by atoms with Gasteiger partial charge in [-0.3, -0.25) is 43.8 Å². The summed E-state index contributed by atoms with van der Waals surface area (Å²) in [6.07, 6.45) is -2.07. The molecule has 0 fully saturated rings. The zero-order valence-electron chi connectivity index (χ0n) is 27.6. The fourth-order valence-corrected chi connectivity index (χ4v) is 4.37. The van der Waals surface area contributed by atoms with Crippen LogP contribution in [-0.4, -0.2) is 125 Å². The van der Waals surface area contributed by atoms with E-state index in [4.69, 9.17) is 34.1 Å². The smallest absolute Gasteiger partial charge is 0.326 e. The fourth-order valence-electron chi connectivity index (χ4n) is 4.21. The van der Waals surface area contributed by atoms with Gasteiger partial charge in [0.25, 0.3) is 0 Å². The summed E-state index contributed by atoms with van der Waals surface area (Å²) in [5, 5.41) is 39.6. The SMILES string of the molecule is N=C(N)NCCC[C@H](NC(=O)[C@H](CCCCN)NC(=O)[C@H](CC(N)=O)NC(=O)[C@@H](N)CS)C(=O)N[C@@H](CC(=O)O)C(=O)N[C@@H](CC(N)=O)C(=O)O. The molecule has 19 N–H and O–H groups in total. The van der Waals surface area contributed by atoms with Gasteiger partial charge in [0.15, 0.2) is 5.96 Å². The average molecular weight is 749 g/mol. The van der Waals surface area contributed by atoms with Gasteiger partial charge in [-0.2, -0.15) is 12.6 Å².